The Morgan fingerprint density at radius 3 is 2.94 bits per heavy atom. The van der Waals surface area contributed by atoms with Crippen LogP contribution >= 0.6 is 0 Å². The van der Waals surface area contributed by atoms with Crippen molar-refractivity contribution in [3.63, 3.8) is 0 Å². The van der Waals surface area contributed by atoms with Crippen molar-refractivity contribution in [2.75, 3.05) is 13.2 Å². The molecule has 0 unspecified atom stereocenters. The van der Waals surface area contributed by atoms with Gasteiger partial charge in [0.2, 0.25) is 0 Å². The Balaban J connectivity index is 2.57. The lowest BCUT2D eigenvalue weighted by molar-refractivity contribution is 0.374. The molecule has 1 aromatic carbocycles. The fraction of sp³-hybridized carbons (Fsp3) is 0.357. The van der Waals surface area contributed by atoms with Crippen LogP contribution in [0.4, 0.5) is 4.39 Å². The fourth-order valence-electron chi connectivity index (χ4n) is 1.31. The Morgan fingerprint density at radius 1 is 1.47 bits per heavy atom. The van der Waals surface area contributed by atoms with E-state index in [-0.39, 0.29) is 5.82 Å². The molecule has 3 heteroatoms. The summed E-state index contributed by atoms with van der Waals surface area (Å²) in [6.07, 6.45) is 4.83. The maximum Gasteiger partial charge on any atom is 0.130 e. The van der Waals surface area contributed by atoms with Crippen LogP contribution in [0.15, 0.2) is 41.4 Å². The van der Waals surface area contributed by atoms with Crippen molar-refractivity contribution in [3.8, 4) is 5.75 Å². The van der Waals surface area contributed by atoms with Crippen molar-refractivity contribution in [2.24, 2.45) is 4.99 Å². The van der Waals surface area contributed by atoms with Gasteiger partial charge in [0.15, 0.2) is 0 Å². The molecule has 0 heterocycles. The lowest BCUT2D eigenvalue weighted by atomic mass is 10.3. The number of aliphatic imine (C=N–C) groups is 1. The third-order valence-electron chi connectivity index (χ3n) is 2.08. The van der Waals surface area contributed by atoms with Crippen molar-refractivity contribution >= 4 is 5.71 Å². The van der Waals surface area contributed by atoms with E-state index in [0.717, 1.165) is 18.7 Å². The number of benzene rings is 1. The molecule has 2 nitrogen and oxygen atoms in total. The van der Waals surface area contributed by atoms with E-state index in [9.17, 15) is 4.39 Å². The van der Waals surface area contributed by atoms with Crippen molar-refractivity contribution in [1.29, 1.82) is 0 Å². The molecule has 0 spiro atoms. The fourth-order valence-corrected chi connectivity index (χ4v) is 1.31. The molecule has 0 fully saturated rings. The Hall–Kier alpha value is -1.64. The summed E-state index contributed by atoms with van der Waals surface area (Å²) >= 11 is 0. The maximum atomic E-state index is 12.9. The number of rotatable bonds is 6. The Kier molecular flexibility index (Phi) is 6.00. The first kappa shape index (κ1) is 13.4. The van der Waals surface area contributed by atoms with Crippen molar-refractivity contribution < 1.29 is 9.13 Å². The van der Waals surface area contributed by atoms with Gasteiger partial charge >= 0.3 is 0 Å². The summed E-state index contributed by atoms with van der Waals surface area (Å²) in [4.78, 5) is 4.38. The summed E-state index contributed by atoms with van der Waals surface area (Å²) in [7, 11) is 0. The molecular weight excluding hydrogens is 217 g/mol. The highest BCUT2D eigenvalue weighted by molar-refractivity contribution is 5.96. The van der Waals surface area contributed by atoms with Gasteiger partial charge in [0.1, 0.15) is 18.2 Å². The monoisotopic (exact) mass is 235 g/mol. The van der Waals surface area contributed by atoms with Gasteiger partial charge in [0.25, 0.3) is 0 Å². The molecule has 0 atom stereocenters. The van der Waals surface area contributed by atoms with Crippen LogP contribution in [0.25, 0.3) is 0 Å². The molecular formula is C14H18FNO. The van der Waals surface area contributed by atoms with Crippen LogP contribution in [0.5, 0.6) is 5.75 Å². The summed E-state index contributed by atoms with van der Waals surface area (Å²) in [6, 6.07) is 6.12. The van der Waals surface area contributed by atoms with E-state index < -0.39 is 0 Å². The second kappa shape index (κ2) is 7.60. The topological polar surface area (TPSA) is 21.6 Å². The molecule has 0 aliphatic heterocycles. The van der Waals surface area contributed by atoms with E-state index >= 15 is 0 Å². The summed E-state index contributed by atoms with van der Waals surface area (Å²) in [5.41, 5.74) is 0.874. The highest BCUT2D eigenvalue weighted by Gasteiger charge is 1.98. The number of ether oxygens (including phenoxy) is 1. The molecule has 0 aromatic heterocycles. The Labute approximate surface area is 102 Å². The average Bonchev–Trinajstić information content (AvgIpc) is 2.33. The van der Waals surface area contributed by atoms with Crippen molar-refractivity contribution in [3.05, 3.63) is 42.2 Å². The largest absolute Gasteiger partial charge is 0.487 e. The molecule has 0 amide bonds. The first-order valence-corrected chi connectivity index (χ1v) is 5.80. The first-order valence-electron chi connectivity index (χ1n) is 5.80. The second-order valence-corrected chi connectivity index (χ2v) is 3.62. The molecule has 0 N–H and O–H groups in total. The van der Waals surface area contributed by atoms with Crippen molar-refractivity contribution in [1.82, 2.24) is 0 Å². The highest BCUT2D eigenvalue weighted by atomic mass is 19.1. The second-order valence-electron chi connectivity index (χ2n) is 3.62. The Morgan fingerprint density at radius 2 is 2.29 bits per heavy atom. The van der Waals surface area contributed by atoms with Crippen molar-refractivity contribution in [2.45, 2.75) is 20.3 Å². The smallest absolute Gasteiger partial charge is 0.130 e. The number of hydrogen-bond donors (Lipinski definition) is 0. The molecule has 0 radical (unpaired) electrons. The number of halogens is 1. The highest BCUT2D eigenvalue weighted by Crippen LogP contribution is 2.11. The van der Waals surface area contributed by atoms with Crippen LogP contribution in [0.1, 0.15) is 20.3 Å². The standard InChI is InChI=1S/C14H18FNO/c1-3-6-13(16-9-4-2)11-17-14-8-5-7-12(15)10-14/h3,5-8,10H,4,9,11H2,1-2H3. The normalized spacial score (nSPS) is 12.1. The molecule has 0 aliphatic rings. The van der Waals surface area contributed by atoms with Crippen LogP contribution < -0.4 is 4.74 Å². The SMILES string of the molecule is CC=CC(COc1cccc(F)c1)=NCCC. The average molecular weight is 235 g/mol. The van der Waals surface area contributed by atoms with Gasteiger partial charge in [-0.25, -0.2) is 4.39 Å². The summed E-state index contributed by atoms with van der Waals surface area (Å²) in [6.45, 7) is 5.16. The van der Waals surface area contributed by atoms with Gasteiger partial charge in [-0.2, -0.15) is 0 Å². The van der Waals surface area contributed by atoms with Crippen LogP contribution in [0.3, 0.4) is 0 Å². The molecule has 0 saturated carbocycles. The van der Waals surface area contributed by atoms with Gasteiger partial charge < -0.3 is 4.74 Å². The number of allylic oxidation sites excluding steroid dienone is 1. The minimum Gasteiger partial charge on any atom is -0.487 e. The number of nitrogens with zero attached hydrogens (tertiary/aromatic N) is 1. The molecule has 0 aliphatic carbocycles. The summed E-state index contributed by atoms with van der Waals surface area (Å²) < 4.78 is 18.4. The zero-order valence-electron chi connectivity index (χ0n) is 10.3. The Bertz CT molecular complexity index is 399. The minimum atomic E-state index is -0.291. The van der Waals surface area contributed by atoms with Crippen LogP contribution in [0, 0.1) is 5.82 Å². The quantitative estimate of drug-likeness (QED) is 0.690. The molecule has 17 heavy (non-hydrogen) atoms. The maximum absolute atomic E-state index is 12.9. The molecule has 92 valence electrons. The zero-order chi connectivity index (χ0) is 12.5. The zero-order valence-corrected chi connectivity index (χ0v) is 10.3. The van der Waals surface area contributed by atoms with Gasteiger partial charge in [-0.05, 0) is 31.6 Å². The molecule has 1 rings (SSSR count). The van der Waals surface area contributed by atoms with Gasteiger partial charge in [-0.3, -0.25) is 4.99 Å². The molecule has 0 saturated heterocycles. The van der Waals surface area contributed by atoms with Crippen LogP contribution in [-0.4, -0.2) is 18.9 Å². The third-order valence-corrected chi connectivity index (χ3v) is 2.08. The summed E-state index contributed by atoms with van der Waals surface area (Å²) in [5.74, 6) is 0.235. The lowest BCUT2D eigenvalue weighted by Gasteiger charge is -2.06. The van der Waals surface area contributed by atoms with Gasteiger partial charge in [-0.15, -0.1) is 0 Å². The van der Waals surface area contributed by atoms with Crippen LogP contribution in [0.2, 0.25) is 0 Å². The van der Waals surface area contributed by atoms with E-state index in [1.807, 2.05) is 19.1 Å². The van der Waals surface area contributed by atoms with E-state index in [1.165, 1.54) is 12.1 Å². The van der Waals surface area contributed by atoms with E-state index in [1.54, 1.807) is 12.1 Å². The predicted molar refractivity (Wildman–Crippen MR) is 69.3 cm³/mol. The number of hydrogen-bond acceptors (Lipinski definition) is 2. The van der Waals surface area contributed by atoms with E-state index in [2.05, 4.69) is 11.9 Å². The first-order chi connectivity index (χ1) is 8.26. The van der Waals surface area contributed by atoms with E-state index in [0.29, 0.717) is 12.4 Å². The lowest BCUT2D eigenvalue weighted by Crippen LogP contribution is -2.09. The minimum absolute atomic E-state index is 0.291. The third kappa shape index (κ3) is 5.29. The summed E-state index contributed by atoms with van der Waals surface area (Å²) in [5, 5.41) is 0. The van der Waals surface area contributed by atoms with Gasteiger partial charge in [0, 0.05) is 12.6 Å². The molecule has 0 bridgehead atoms. The van der Waals surface area contributed by atoms with Crippen LogP contribution in [-0.2, 0) is 0 Å². The van der Waals surface area contributed by atoms with Gasteiger partial charge in [-0.1, -0.05) is 19.1 Å². The molecule has 1 aromatic rings. The van der Waals surface area contributed by atoms with E-state index in [4.69, 9.17) is 4.74 Å². The predicted octanol–water partition coefficient (Wildman–Crippen LogP) is 3.63. The van der Waals surface area contributed by atoms with Gasteiger partial charge in [0.05, 0.1) is 5.71 Å².